The van der Waals surface area contributed by atoms with Gasteiger partial charge in [0, 0.05) is 18.8 Å². The van der Waals surface area contributed by atoms with Crippen LogP contribution in [-0.4, -0.2) is 52.2 Å². The quantitative estimate of drug-likeness (QED) is 0.173. The molecular formula is C25H45NO6. The molecule has 0 amide bonds. The second-order valence-electron chi connectivity index (χ2n) is 8.86. The monoisotopic (exact) mass is 455 g/mol. The van der Waals surface area contributed by atoms with E-state index in [1.807, 2.05) is 0 Å². The summed E-state index contributed by atoms with van der Waals surface area (Å²) in [7, 11) is 0. The molecule has 0 radical (unpaired) electrons. The van der Waals surface area contributed by atoms with Gasteiger partial charge in [-0.05, 0) is 63.9 Å². The molecule has 0 rings (SSSR count). The number of quaternary nitrogens is 1. The number of aliphatic carboxylic acids is 3. The highest BCUT2D eigenvalue weighted by Gasteiger charge is 2.24. The molecule has 7 heteroatoms. The Balaban J connectivity index is 4.97. The van der Waals surface area contributed by atoms with E-state index in [1.165, 1.54) is 32.1 Å². The summed E-state index contributed by atoms with van der Waals surface area (Å²) in [4.78, 5) is 32.5. The van der Waals surface area contributed by atoms with Gasteiger partial charge in [-0.2, -0.15) is 0 Å². The molecule has 0 spiro atoms. The van der Waals surface area contributed by atoms with Crippen LogP contribution in [0.2, 0.25) is 0 Å². The summed E-state index contributed by atoms with van der Waals surface area (Å²) in [5, 5.41) is 28.6. The predicted molar refractivity (Wildman–Crippen MR) is 124 cm³/mol. The zero-order valence-electron chi connectivity index (χ0n) is 20.1. The first-order valence-corrected chi connectivity index (χ1v) is 12.5. The Morgan fingerprint density at radius 3 is 1.62 bits per heavy atom. The van der Waals surface area contributed by atoms with Crippen molar-refractivity contribution in [1.29, 1.82) is 0 Å². The van der Waals surface area contributed by atoms with Gasteiger partial charge in [0.15, 0.2) is 0 Å². The number of carboxylic acids is 3. The molecule has 0 aromatic carbocycles. The fourth-order valence-electron chi connectivity index (χ4n) is 4.00. The van der Waals surface area contributed by atoms with E-state index in [4.69, 9.17) is 10.2 Å². The van der Waals surface area contributed by atoms with Gasteiger partial charge in [0.2, 0.25) is 0 Å². The van der Waals surface area contributed by atoms with Gasteiger partial charge in [-0.1, -0.05) is 39.0 Å². The number of rotatable bonds is 23. The summed E-state index contributed by atoms with van der Waals surface area (Å²) < 4.78 is 0.669. The van der Waals surface area contributed by atoms with E-state index in [9.17, 15) is 19.5 Å². The minimum atomic E-state index is -1.04. The molecule has 0 fully saturated rings. The maximum Gasteiger partial charge on any atom is 0.303 e. The third-order valence-electron chi connectivity index (χ3n) is 5.87. The number of unbranched alkanes of at least 4 members (excludes halogenated alkanes) is 9. The van der Waals surface area contributed by atoms with Crippen molar-refractivity contribution in [1.82, 2.24) is 0 Å². The number of carbonyl (C=O) groups is 3. The van der Waals surface area contributed by atoms with E-state index in [2.05, 4.69) is 19.2 Å². The van der Waals surface area contributed by atoms with E-state index in [1.54, 1.807) is 0 Å². The maximum absolute atomic E-state index is 10.9. The molecule has 0 unspecified atom stereocenters. The largest absolute Gasteiger partial charge is 0.550 e. The minimum Gasteiger partial charge on any atom is -0.550 e. The minimum absolute atomic E-state index is 0.0412. The average molecular weight is 456 g/mol. The highest BCUT2D eigenvalue weighted by Crippen LogP contribution is 2.19. The highest BCUT2D eigenvalue weighted by molar-refractivity contribution is 5.66. The van der Waals surface area contributed by atoms with E-state index < -0.39 is 17.9 Å². The second-order valence-corrected chi connectivity index (χ2v) is 8.86. The third-order valence-corrected chi connectivity index (χ3v) is 5.87. The zero-order valence-corrected chi connectivity index (χ0v) is 20.1. The van der Waals surface area contributed by atoms with Crippen LogP contribution in [-0.2, 0) is 14.4 Å². The number of carbonyl (C=O) groups excluding carboxylic acids is 1. The summed E-state index contributed by atoms with van der Waals surface area (Å²) in [5.41, 5.74) is 0. The van der Waals surface area contributed by atoms with Gasteiger partial charge in [-0.25, -0.2) is 0 Å². The SMILES string of the molecule is CCCCCCCC/C=C/[N+](CCCCC(=O)[O-])(CCCCC(=O)O)CCCCC(=O)O. The standard InChI is InChI=1S/C25H45NO6/c1-2-3-4-5-6-7-8-12-19-26(20-13-9-16-23(27)28,21-14-10-17-24(29)30)22-15-11-18-25(31)32/h12,19H,2-11,13-18,20-22H2,1H3,(H2-,27,28,29,30,31,32)/b19-12+. The van der Waals surface area contributed by atoms with Crippen LogP contribution in [0.1, 0.15) is 110 Å². The molecule has 0 atom stereocenters. The lowest BCUT2D eigenvalue weighted by Crippen LogP contribution is -2.45. The molecule has 0 aromatic heterocycles. The van der Waals surface area contributed by atoms with Gasteiger partial charge in [0.25, 0.3) is 0 Å². The van der Waals surface area contributed by atoms with Crippen LogP contribution < -0.4 is 5.11 Å². The van der Waals surface area contributed by atoms with Crippen LogP contribution in [0.5, 0.6) is 0 Å². The molecule has 0 saturated carbocycles. The van der Waals surface area contributed by atoms with E-state index in [-0.39, 0.29) is 19.3 Å². The Morgan fingerprint density at radius 2 is 1.16 bits per heavy atom. The average Bonchev–Trinajstić information content (AvgIpc) is 2.73. The van der Waals surface area contributed by atoms with Gasteiger partial charge in [0.1, 0.15) is 0 Å². The van der Waals surface area contributed by atoms with Crippen LogP contribution in [0, 0.1) is 0 Å². The van der Waals surface area contributed by atoms with E-state index in [0.717, 1.165) is 51.7 Å². The van der Waals surface area contributed by atoms with Gasteiger partial charge >= 0.3 is 11.9 Å². The molecule has 7 nitrogen and oxygen atoms in total. The Bertz CT molecular complexity index is 491. The van der Waals surface area contributed by atoms with Crippen LogP contribution in [0.3, 0.4) is 0 Å². The van der Waals surface area contributed by atoms with Crippen molar-refractivity contribution in [3.05, 3.63) is 12.3 Å². The Morgan fingerprint density at radius 1 is 0.688 bits per heavy atom. The number of allylic oxidation sites excluding steroid dienone is 1. The van der Waals surface area contributed by atoms with Gasteiger partial charge in [-0.3, -0.25) is 14.1 Å². The van der Waals surface area contributed by atoms with Crippen LogP contribution >= 0.6 is 0 Å². The zero-order chi connectivity index (χ0) is 24.1. The Labute approximate surface area is 194 Å². The lowest BCUT2D eigenvalue weighted by molar-refractivity contribution is -0.880. The van der Waals surface area contributed by atoms with Gasteiger partial charge in [-0.15, -0.1) is 0 Å². The summed E-state index contributed by atoms with van der Waals surface area (Å²) in [6.07, 6.45) is 17.2. The molecule has 2 N–H and O–H groups in total. The number of hydrogen-bond donors (Lipinski definition) is 2. The first-order valence-electron chi connectivity index (χ1n) is 12.5. The highest BCUT2D eigenvalue weighted by atomic mass is 16.4. The summed E-state index contributed by atoms with van der Waals surface area (Å²) in [5.74, 6) is -2.63. The number of nitrogens with zero attached hydrogens (tertiary/aromatic N) is 1. The van der Waals surface area contributed by atoms with Crippen LogP contribution in [0.4, 0.5) is 0 Å². The van der Waals surface area contributed by atoms with Crippen molar-refractivity contribution < 1.29 is 34.2 Å². The molecule has 0 aliphatic rings. The normalized spacial score (nSPS) is 11.8. The molecule has 0 aliphatic carbocycles. The van der Waals surface area contributed by atoms with Crippen molar-refractivity contribution in [2.24, 2.45) is 0 Å². The maximum atomic E-state index is 10.9. The molecule has 0 bridgehead atoms. The molecular weight excluding hydrogens is 410 g/mol. The van der Waals surface area contributed by atoms with Crippen molar-refractivity contribution in [3.63, 3.8) is 0 Å². The number of carboxylic acid groups (broad SMARTS) is 3. The summed E-state index contributed by atoms with van der Waals surface area (Å²) in [6, 6.07) is 0. The Kier molecular flexibility index (Phi) is 18.6. The van der Waals surface area contributed by atoms with E-state index in [0.29, 0.717) is 23.7 Å². The van der Waals surface area contributed by atoms with Gasteiger partial charge < -0.3 is 20.1 Å². The van der Waals surface area contributed by atoms with Crippen molar-refractivity contribution in [2.45, 2.75) is 110 Å². The smallest absolute Gasteiger partial charge is 0.303 e. The van der Waals surface area contributed by atoms with Crippen molar-refractivity contribution in [2.75, 3.05) is 19.6 Å². The third kappa shape index (κ3) is 18.8. The molecule has 32 heavy (non-hydrogen) atoms. The molecule has 0 aliphatic heterocycles. The van der Waals surface area contributed by atoms with Crippen molar-refractivity contribution >= 4 is 17.9 Å². The van der Waals surface area contributed by atoms with Crippen LogP contribution in [0.15, 0.2) is 12.3 Å². The summed E-state index contributed by atoms with van der Waals surface area (Å²) >= 11 is 0. The fraction of sp³-hybridized carbons (Fsp3) is 0.800. The van der Waals surface area contributed by atoms with Crippen molar-refractivity contribution in [3.8, 4) is 0 Å². The Hall–Kier alpha value is -1.89. The molecule has 0 heterocycles. The number of hydrogen-bond acceptors (Lipinski definition) is 4. The first kappa shape index (κ1) is 30.1. The van der Waals surface area contributed by atoms with Crippen LogP contribution in [0.25, 0.3) is 0 Å². The summed E-state index contributed by atoms with van der Waals surface area (Å²) in [6.45, 7) is 4.57. The molecule has 0 aromatic rings. The van der Waals surface area contributed by atoms with E-state index >= 15 is 0 Å². The molecule has 0 saturated heterocycles. The molecule has 186 valence electrons. The van der Waals surface area contributed by atoms with Gasteiger partial charge in [0.05, 0.1) is 25.8 Å². The topological polar surface area (TPSA) is 115 Å². The second kappa shape index (κ2) is 19.8. The fourth-order valence-corrected chi connectivity index (χ4v) is 4.00. The lowest BCUT2D eigenvalue weighted by atomic mass is 10.1. The predicted octanol–water partition coefficient (Wildman–Crippen LogP) is 4.50. The first-order chi connectivity index (χ1) is 15.3. The lowest BCUT2D eigenvalue weighted by Gasteiger charge is -2.35.